The number of para-hydroxylation sites is 1. The van der Waals surface area contributed by atoms with E-state index in [-0.39, 0.29) is 37.3 Å². The predicted molar refractivity (Wildman–Crippen MR) is 118 cm³/mol. The molecule has 1 atom stereocenters. The summed E-state index contributed by atoms with van der Waals surface area (Å²) in [6.45, 7) is -2.59. The Morgan fingerprint density at radius 2 is 2.00 bits per heavy atom. The molecule has 0 radical (unpaired) electrons. The molecule has 0 aliphatic carbocycles. The van der Waals surface area contributed by atoms with Crippen molar-refractivity contribution >= 4 is 30.0 Å². The Labute approximate surface area is 192 Å². The number of benzene rings is 2. The third-order valence-electron chi connectivity index (χ3n) is 5.00. The summed E-state index contributed by atoms with van der Waals surface area (Å²) >= 11 is 1.13. The van der Waals surface area contributed by atoms with Crippen molar-refractivity contribution in [2.75, 3.05) is 19.7 Å². The van der Waals surface area contributed by atoms with Crippen molar-refractivity contribution in [1.82, 2.24) is 10.2 Å². The van der Waals surface area contributed by atoms with Crippen molar-refractivity contribution in [2.45, 2.75) is 17.5 Å². The lowest BCUT2D eigenvalue weighted by Crippen LogP contribution is -2.42. The lowest BCUT2D eigenvalue weighted by molar-refractivity contribution is -0.135. The first-order chi connectivity index (χ1) is 15.9. The fourth-order valence-corrected chi connectivity index (χ4v) is 3.99. The molecular formula is C22H20F2N4O4S. The topological polar surface area (TPSA) is 106 Å². The average Bonchev–Trinajstić information content (AvgIpc) is 3.07. The molecule has 11 heteroatoms. The van der Waals surface area contributed by atoms with Gasteiger partial charge in [0, 0.05) is 46.4 Å². The molecule has 4 rings (SSSR count). The summed E-state index contributed by atoms with van der Waals surface area (Å²) in [6, 6.07) is 12.2. The number of hydrogen-bond acceptors (Lipinski definition) is 7. The first-order valence-electron chi connectivity index (χ1n) is 9.93. The van der Waals surface area contributed by atoms with Crippen LogP contribution in [0.5, 0.6) is 11.5 Å². The van der Waals surface area contributed by atoms with Gasteiger partial charge in [0.05, 0.1) is 6.54 Å². The lowest BCUT2D eigenvalue weighted by Gasteiger charge is -2.23. The molecule has 2 amide bonds. The third-order valence-corrected chi connectivity index (χ3v) is 5.70. The van der Waals surface area contributed by atoms with E-state index in [9.17, 15) is 18.4 Å². The molecule has 2 aromatic rings. The van der Waals surface area contributed by atoms with Gasteiger partial charge in [-0.05, 0) is 30.3 Å². The first kappa shape index (κ1) is 22.6. The number of halogens is 2. The SMILES string of the molecule is NC1=C(/C=N/Sc2ccc(OC(F)F)cc2)CN(C(=O)C2NC(=O)COc3ccccc32)C1. The van der Waals surface area contributed by atoms with E-state index in [0.717, 1.165) is 16.8 Å². The van der Waals surface area contributed by atoms with Gasteiger partial charge in [-0.25, -0.2) is 4.40 Å². The van der Waals surface area contributed by atoms with E-state index >= 15 is 0 Å². The van der Waals surface area contributed by atoms with Crippen LogP contribution in [-0.4, -0.2) is 49.2 Å². The molecule has 0 bridgehead atoms. The van der Waals surface area contributed by atoms with Crippen molar-refractivity contribution < 1.29 is 27.8 Å². The number of nitrogens with zero attached hydrogens (tertiary/aromatic N) is 2. The summed E-state index contributed by atoms with van der Waals surface area (Å²) < 4.78 is 38.5. The van der Waals surface area contributed by atoms with Crippen molar-refractivity contribution in [3.63, 3.8) is 0 Å². The molecule has 2 heterocycles. The van der Waals surface area contributed by atoms with E-state index < -0.39 is 12.7 Å². The summed E-state index contributed by atoms with van der Waals surface area (Å²) in [6.07, 6.45) is 1.57. The summed E-state index contributed by atoms with van der Waals surface area (Å²) in [7, 11) is 0. The maximum atomic E-state index is 13.2. The molecule has 0 saturated carbocycles. The molecule has 0 aromatic heterocycles. The van der Waals surface area contributed by atoms with Crippen LogP contribution in [0.2, 0.25) is 0 Å². The van der Waals surface area contributed by atoms with Crippen LogP contribution in [0.3, 0.4) is 0 Å². The van der Waals surface area contributed by atoms with Crippen LogP contribution in [0, 0.1) is 0 Å². The first-order valence-corrected chi connectivity index (χ1v) is 10.7. The van der Waals surface area contributed by atoms with Crippen LogP contribution in [0.25, 0.3) is 0 Å². The van der Waals surface area contributed by atoms with Crippen LogP contribution in [0.4, 0.5) is 8.78 Å². The minimum atomic E-state index is -2.88. The molecule has 172 valence electrons. The Balaban J connectivity index is 1.39. The Morgan fingerprint density at radius 3 is 2.76 bits per heavy atom. The second kappa shape index (κ2) is 9.90. The summed E-state index contributed by atoms with van der Waals surface area (Å²) in [4.78, 5) is 27.5. The van der Waals surface area contributed by atoms with Crippen LogP contribution in [-0.2, 0) is 9.59 Å². The number of rotatable bonds is 6. The highest BCUT2D eigenvalue weighted by molar-refractivity contribution is 7.98. The van der Waals surface area contributed by atoms with E-state index in [0.29, 0.717) is 22.6 Å². The van der Waals surface area contributed by atoms with Crippen molar-refractivity contribution in [2.24, 2.45) is 10.1 Å². The Morgan fingerprint density at radius 1 is 1.24 bits per heavy atom. The van der Waals surface area contributed by atoms with Crippen molar-refractivity contribution in [1.29, 1.82) is 0 Å². The second-order valence-corrected chi connectivity index (χ2v) is 8.11. The van der Waals surface area contributed by atoms with Gasteiger partial charge in [0.25, 0.3) is 11.8 Å². The minimum absolute atomic E-state index is 0.0628. The van der Waals surface area contributed by atoms with E-state index in [2.05, 4.69) is 14.5 Å². The van der Waals surface area contributed by atoms with Gasteiger partial charge in [-0.2, -0.15) is 8.78 Å². The van der Waals surface area contributed by atoms with Gasteiger partial charge in [0.1, 0.15) is 17.5 Å². The summed E-state index contributed by atoms with van der Waals surface area (Å²) in [5, 5.41) is 2.71. The highest BCUT2D eigenvalue weighted by atomic mass is 32.2. The number of nitrogens with two attached hydrogens (primary N) is 1. The maximum Gasteiger partial charge on any atom is 0.387 e. The number of hydrogen-bond donors (Lipinski definition) is 2. The molecule has 0 fully saturated rings. The normalized spacial score (nSPS) is 18.2. The minimum Gasteiger partial charge on any atom is -0.483 e. The number of ether oxygens (including phenoxy) is 2. The van der Waals surface area contributed by atoms with Gasteiger partial charge < -0.3 is 25.4 Å². The van der Waals surface area contributed by atoms with Gasteiger partial charge in [-0.15, -0.1) is 0 Å². The lowest BCUT2D eigenvalue weighted by atomic mass is 10.0. The quantitative estimate of drug-likeness (QED) is 0.493. The van der Waals surface area contributed by atoms with Crippen LogP contribution < -0.4 is 20.5 Å². The Kier molecular flexibility index (Phi) is 6.78. The predicted octanol–water partition coefficient (Wildman–Crippen LogP) is 2.67. The molecule has 0 spiro atoms. The smallest absolute Gasteiger partial charge is 0.387 e. The fraction of sp³-hybridized carbons (Fsp3) is 0.227. The Hall–Kier alpha value is -3.60. The maximum absolute atomic E-state index is 13.2. The van der Waals surface area contributed by atoms with Crippen LogP contribution in [0.1, 0.15) is 11.6 Å². The van der Waals surface area contributed by atoms with Crippen molar-refractivity contribution in [3.8, 4) is 11.5 Å². The molecule has 2 aromatic carbocycles. The molecule has 33 heavy (non-hydrogen) atoms. The molecule has 2 aliphatic heterocycles. The fourth-order valence-electron chi connectivity index (χ4n) is 3.43. The standard InChI is InChI=1S/C22H20F2N4O4S/c23-22(24)32-14-5-7-15(8-6-14)33-26-9-13-10-28(11-17(13)25)21(30)20-16-3-1-2-4-18(16)31-12-19(29)27-20/h1-9,20,22H,10-12,25H2,(H,27,29)/b26-9+. The largest absolute Gasteiger partial charge is 0.483 e. The molecule has 8 nitrogen and oxygen atoms in total. The van der Waals surface area contributed by atoms with Crippen molar-refractivity contribution in [3.05, 3.63) is 65.4 Å². The van der Waals surface area contributed by atoms with Gasteiger partial charge in [-0.3, -0.25) is 9.59 Å². The average molecular weight is 474 g/mol. The second-order valence-electron chi connectivity index (χ2n) is 7.25. The van der Waals surface area contributed by atoms with Gasteiger partial charge in [0.15, 0.2) is 6.61 Å². The Bertz CT molecular complexity index is 1110. The van der Waals surface area contributed by atoms with E-state index in [1.807, 2.05) is 0 Å². The zero-order valence-electron chi connectivity index (χ0n) is 17.2. The number of nitrogens with one attached hydrogen (secondary N) is 1. The highest BCUT2D eigenvalue weighted by Crippen LogP contribution is 2.30. The monoisotopic (exact) mass is 474 g/mol. The summed E-state index contributed by atoms with van der Waals surface area (Å²) in [5.41, 5.74) is 7.88. The number of carbonyl (C=O) groups is 2. The molecule has 1 unspecified atom stereocenters. The zero-order valence-corrected chi connectivity index (χ0v) is 18.1. The van der Waals surface area contributed by atoms with Gasteiger partial charge in [0.2, 0.25) is 0 Å². The van der Waals surface area contributed by atoms with Crippen LogP contribution >= 0.6 is 11.9 Å². The molecule has 2 aliphatic rings. The third kappa shape index (κ3) is 5.43. The van der Waals surface area contributed by atoms with E-state index in [1.54, 1.807) is 47.5 Å². The highest BCUT2D eigenvalue weighted by Gasteiger charge is 2.34. The van der Waals surface area contributed by atoms with Gasteiger partial charge in [-0.1, -0.05) is 18.2 Å². The van der Waals surface area contributed by atoms with Crippen LogP contribution in [0.15, 0.2) is 69.1 Å². The summed E-state index contributed by atoms with van der Waals surface area (Å²) in [5.74, 6) is -0.131. The number of fused-ring (bicyclic) bond motifs is 1. The molecular weight excluding hydrogens is 454 g/mol. The van der Waals surface area contributed by atoms with Gasteiger partial charge >= 0.3 is 6.61 Å². The van der Waals surface area contributed by atoms with E-state index in [4.69, 9.17) is 10.5 Å². The molecule has 0 saturated heterocycles. The zero-order chi connectivity index (χ0) is 23.4. The molecule has 3 N–H and O–H groups in total. The van der Waals surface area contributed by atoms with E-state index in [1.165, 1.54) is 12.1 Å². The number of alkyl halides is 2. The number of amides is 2. The number of carbonyl (C=O) groups excluding carboxylic acids is 2.